The molecule has 0 saturated carbocycles. The molecule has 3 rings (SSSR count). The lowest BCUT2D eigenvalue weighted by Crippen LogP contribution is -2.46. The molecule has 23 heavy (non-hydrogen) atoms. The van der Waals surface area contributed by atoms with E-state index in [4.69, 9.17) is 10.1 Å². The highest BCUT2D eigenvalue weighted by Crippen LogP contribution is 2.24. The van der Waals surface area contributed by atoms with Gasteiger partial charge in [0, 0.05) is 50.2 Å². The number of carboxylic acids is 1. The Morgan fingerprint density at radius 2 is 1.83 bits per heavy atom. The van der Waals surface area contributed by atoms with Gasteiger partial charge < -0.3 is 10.0 Å². The first-order valence-corrected chi connectivity index (χ1v) is 8.75. The molecule has 0 spiro atoms. The van der Waals surface area contributed by atoms with Gasteiger partial charge in [0.15, 0.2) is 0 Å². The molecule has 0 atom stereocenters. The zero-order valence-corrected chi connectivity index (χ0v) is 13.8. The summed E-state index contributed by atoms with van der Waals surface area (Å²) in [6.45, 7) is 5.33. The van der Waals surface area contributed by atoms with E-state index in [0.717, 1.165) is 43.4 Å². The van der Waals surface area contributed by atoms with Crippen molar-refractivity contribution >= 4 is 17.3 Å². The van der Waals surface area contributed by atoms with Gasteiger partial charge >= 0.3 is 5.97 Å². The van der Waals surface area contributed by atoms with Gasteiger partial charge in [-0.15, -0.1) is 11.3 Å². The first-order valence-electron chi connectivity index (χ1n) is 7.87. The van der Waals surface area contributed by atoms with Gasteiger partial charge in [-0.2, -0.15) is 0 Å². The molecule has 2 heterocycles. The minimum Gasteiger partial charge on any atom is -0.481 e. The zero-order chi connectivity index (χ0) is 16.1. The molecule has 1 aliphatic heterocycles. The Balaban J connectivity index is 1.50. The fourth-order valence-corrected chi connectivity index (χ4v) is 3.56. The molecule has 1 aromatic heterocycles. The van der Waals surface area contributed by atoms with Gasteiger partial charge in [-0.3, -0.25) is 9.69 Å². The molecule has 1 aliphatic rings. The third-order valence-corrected chi connectivity index (χ3v) is 5.01. The Bertz CT molecular complexity index is 636. The van der Waals surface area contributed by atoms with Crippen LogP contribution in [0.1, 0.15) is 12.1 Å². The molecule has 2 aromatic rings. The van der Waals surface area contributed by atoms with E-state index >= 15 is 0 Å². The van der Waals surface area contributed by atoms with E-state index in [1.807, 2.05) is 18.2 Å². The number of hydrogen-bond acceptors (Lipinski definition) is 5. The van der Waals surface area contributed by atoms with E-state index in [0.29, 0.717) is 6.54 Å². The summed E-state index contributed by atoms with van der Waals surface area (Å²) in [5.41, 5.74) is 2.29. The Hall–Kier alpha value is -1.76. The molecule has 0 aliphatic carbocycles. The molecule has 0 bridgehead atoms. The average molecular weight is 331 g/mol. The second-order valence-electron chi connectivity index (χ2n) is 5.77. The maximum atomic E-state index is 10.6. The van der Waals surface area contributed by atoms with Crippen LogP contribution in [0.2, 0.25) is 0 Å². The van der Waals surface area contributed by atoms with Crippen molar-refractivity contribution in [1.82, 2.24) is 14.8 Å². The number of aliphatic carboxylic acids is 1. The van der Waals surface area contributed by atoms with Crippen molar-refractivity contribution in [3.05, 3.63) is 41.4 Å². The molecule has 0 amide bonds. The van der Waals surface area contributed by atoms with E-state index < -0.39 is 5.97 Å². The first-order chi connectivity index (χ1) is 11.2. The molecule has 0 unspecified atom stereocenters. The first kappa shape index (κ1) is 16.1. The van der Waals surface area contributed by atoms with Gasteiger partial charge in [-0.1, -0.05) is 30.3 Å². The summed E-state index contributed by atoms with van der Waals surface area (Å²) in [4.78, 5) is 20.0. The molecule has 5 nitrogen and oxygen atoms in total. The predicted octanol–water partition coefficient (Wildman–Crippen LogP) is 2.40. The monoisotopic (exact) mass is 331 g/mol. The van der Waals surface area contributed by atoms with Crippen molar-refractivity contribution < 1.29 is 9.90 Å². The van der Waals surface area contributed by atoms with Crippen LogP contribution in [0.4, 0.5) is 0 Å². The minimum absolute atomic E-state index is 0.229. The number of thiazole rings is 1. The van der Waals surface area contributed by atoms with Gasteiger partial charge in [0.25, 0.3) is 0 Å². The zero-order valence-electron chi connectivity index (χ0n) is 13.0. The molecule has 1 N–H and O–H groups in total. The standard InChI is InChI=1S/C17H21N3O2S/c21-16(22)6-7-19-8-10-20(11-9-19)12-15-13-23-17(18-15)14-4-2-1-3-5-14/h1-5,13H,6-12H2,(H,21,22). The number of nitrogens with zero attached hydrogens (tertiary/aromatic N) is 3. The van der Waals surface area contributed by atoms with Crippen LogP contribution in [0.3, 0.4) is 0 Å². The van der Waals surface area contributed by atoms with Crippen LogP contribution in [0.15, 0.2) is 35.7 Å². The Labute approximate surface area is 140 Å². The minimum atomic E-state index is -0.719. The van der Waals surface area contributed by atoms with Gasteiger partial charge in [0.2, 0.25) is 0 Å². The van der Waals surface area contributed by atoms with Crippen molar-refractivity contribution in [3.8, 4) is 10.6 Å². The van der Waals surface area contributed by atoms with E-state index in [1.54, 1.807) is 11.3 Å². The molecule has 1 aromatic carbocycles. The number of rotatable bonds is 6. The van der Waals surface area contributed by atoms with Crippen LogP contribution >= 0.6 is 11.3 Å². The molecular weight excluding hydrogens is 310 g/mol. The highest BCUT2D eigenvalue weighted by molar-refractivity contribution is 7.13. The third-order valence-electron chi connectivity index (χ3n) is 4.06. The number of carboxylic acid groups (broad SMARTS) is 1. The summed E-state index contributed by atoms with van der Waals surface area (Å²) in [6, 6.07) is 10.3. The number of piperazine rings is 1. The van der Waals surface area contributed by atoms with E-state index in [1.165, 1.54) is 5.56 Å². The second kappa shape index (κ2) is 7.68. The van der Waals surface area contributed by atoms with Gasteiger partial charge in [0.05, 0.1) is 12.1 Å². The van der Waals surface area contributed by atoms with Crippen LogP contribution in [0.25, 0.3) is 10.6 Å². The van der Waals surface area contributed by atoms with E-state index in [-0.39, 0.29) is 6.42 Å². The summed E-state index contributed by atoms with van der Waals surface area (Å²) in [6.07, 6.45) is 0.229. The van der Waals surface area contributed by atoms with Crippen LogP contribution in [-0.4, -0.2) is 58.6 Å². The maximum Gasteiger partial charge on any atom is 0.304 e. The summed E-state index contributed by atoms with van der Waals surface area (Å²) in [5.74, 6) is -0.719. The summed E-state index contributed by atoms with van der Waals surface area (Å²) >= 11 is 1.69. The predicted molar refractivity (Wildman–Crippen MR) is 91.5 cm³/mol. The summed E-state index contributed by atoms with van der Waals surface area (Å²) in [7, 11) is 0. The number of hydrogen-bond donors (Lipinski definition) is 1. The highest BCUT2D eigenvalue weighted by atomic mass is 32.1. The van der Waals surface area contributed by atoms with Gasteiger partial charge in [-0.25, -0.2) is 4.98 Å². The maximum absolute atomic E-state index is 10.6. The molecule has 0 radical (unpaired) electrons. The van der Waals surface area contributed by atoms with Crippen molar-refractivity contribution in [1.29, 1.82) is 0 Å². The Morgan fingerprint density at radius 1 is 1.13 bits per heavy atom. The van der Waals surface area contributed by atoms with Crippen molar-refractivity contribution in [2.75, 3.05) is 32.7 Å². The van der Waals surface area contributed by atoms with Crippen LogP contribution in [0.5, 0.6) is 0 Å². The van der Waals surface area contributed by atoms with E-state index in [9.17, 15) is 4.79 Å². The molecule has 1 fully saturated rings. The SMILES string of the molecule is O=C(O)CCN1CCN(Cc2csc(-c3ccccc3)n2)CC1. The quantitative estimate of drug-likeness (QED) is 0.881. The number of aromatic nitrogens is 1. The third kappa shape index (κ3) is 4.60. The van der Waals surface area contributed by atoms with E-state index in [2.05, 4.69) is 27.3 Å². The Kier molecular flexibility index (Phi) is 5.38. The molecular formula is C17H21N3O2S. The van der Waals surface area contributed by atoms with Crippen molar-refractivity contribution in [2.24, 2.45) is 0 Å². The molecule has 6 heteroatoms. The largest absolute Gasteiger partial charge is 0.481 e. The van der Waals surface area contributed by atoms with Crippen molar-refractivity contribution in [2.45, 2.75) is 13.0 Å². The highest BCUT2D eigenvalue weighted by Gasteiger charge is 2.18. The topological polar surface area (TPSA) is 56.7 Å². The number of benzene rings is 1. The fourth-order valence-electron chi connectivity index (χ4n) is 2.75. The number of carbonyl (C=O) groups is 1. The molecule has 1 saturated heterocycles. The van der Waals surface area contributed by atoms with Crippen LogP contribution < -0.4 is 0 Å². The molecule has 122 valence electrons. The summed E-state index contributed by atoms with van der Waals surface area (Å²) in [5, 5.41) is 12.0. The van der Waals surface area contributed by atoms with Crippen LogP contribution in [0, 0.1) is 0 Å². The van der Waals surface area contributed by atoms with Crippen LogP contribution in [-0.2, 0) is 11.3 Å². The summed E-state index contributed by atoms with van der Waals surface area (Å²) < 4.78 is 0. The van der Waals surface area contributed by atoms with Gasteiger partial charge in [-0.05, 0) is 0 Å². The second-order valence-corrected chi connectivity index (χ2v) is 6.63. The lowest BCUT2D eigenvalue weighted by Gasteiger charge is -2.34. The fraction of sp³-hybridized carbons (Fsp3) is 0.412. The average Bonchev–Trinajstić information content (AvgIpc) is 3.03. The lowest BCUT2D eigenvalue weighted by atomic mass is 10.2. The lowest BCUT2D eigenvalue weighted by molar-refractivity contribution is -0.137. The normalized spacial score (nSPS) is 16.5. The van der Waals surface area contributed by atoms with Crippen molar-refractivity contribution in [3.63, 3.8) is 0 Å². The smallest absolute Gasteiger partial charge is 0.304 e. The van der Waals surface area contributed by atoms with Gasteiger partial charge in [0.1, 0.15) is 5.01 Å². The Morgan fingerprint density at radius 3 is 2.52 bits per heavy atom.